The zero-order valence-corrected chi connectivity index (χ0v) is 14.1. The second kappa shape index (κ2) is 7.32. The maximum atomic E-state index is 12.8. The molecule has 2 N–H and O–H groups in total. The van der Waals surface area contributed by atoms with Crippen LogP contribution in [0.3, 0.4) is 0 Å². The Hall–Kier alpha value is -0.280. The summed E-state index contributed by atoms with van der Waals surface area (Å²) < 4.78 is 0. The lowest BCUT2D eigenvalue weighted by atomic mass is 9.65. The van der Waals surface area contributed by atoms with Crippen molar-refractivity contribution in [1.29, 1.82) is 0 Å². The Morgan fingerprint density at radius 2 is 1.52 bits per heavy atom. The van der Waals surface area contributed by atoms with Crippen LogP contribution in [0, 0.1) is 17.8 Å². The SMILES string of the molecule is CN(C(=O)C1CC2CCCC(C1)C2N)C1CCCCC1.Cl. The van der Waals surface area contributed by atoms with Crippen LogP contribution in [0.2, 0.25) is 0 Å². The van der Waals surface area contributed by atoms with Crippen molar-refractivity contribution in [2.24, 2.45) is 23.5 Å². The molecule has 21 heavy (non-hydrogen) atoms. The zero-order chi connectivity index (χ0) is 14.1. The van der Waals surface area contributed by atoms with E-state index < -0.39 is 0 Å². The number of nitrogens with two attached hydrogens (primary N) is 1. The third-order valence-corrected chi connectivity index (χ3v) is 6.23. The Bertz CT molecular complexity index is 343. The van der Waals surface area contributed by atoms with Crippen LogP contribution in [0.4, 0.5) is 0 Å². The number of halogens is 1. The number of amides is 1. The summed E-state index contributed by atoms with van der Waals surface area (Å²) >= 11 is 0. The monoisotopic (exact) mass is 314 g/mol. The smallest absolute Gasteiger partial charge is 0.225 e. The van der Waals surface area contributed by atoms with Gasteiger partial charge in [0.2, 0.25) is 5.91 Å². The molecular formula is C17H31ClN2O. The largest absolute Gasteiger partial charge is 0.343 e. The molecule has 0 aliphatic heterocycles. The van der Waals surface area contributed by atoms with Gasteiger partial charge < -0.3 is 10.6 Å². The normalized spacial score (nSPS) is 36.7. The first-order chi connectivity index (χ1) is 9.66. The van der Waals surface area contributed by atoms with Crippen LogP contribution in [-0.2, 0) is 4.79 Å². The highest BCUT2D eigenvalue weighted by molar-refractivity contribution is 5.85. The summed E-state index contributed by atoms with van der Waals surface area (Å²) in [7, 11) is 2.04. The maximum Gasteiger partial charge on any atom is 0.225 e. The van der Waals surface area contributed by atoms with Crippen molar-refractivity contribution >= 4 is 18.3 Å². The summed E-state index contributed by atoms with van der Waals surface area (Å²) in [5, 5.41) is 0. The van der Waals surface area contributed by atoms with Gasteiger partial charge in [-0.1, -0.05) is 25.7 Å². The number of nitrogens with zero attached hydrogens (tertiary/aromatic N) is 1. The first kappa shape index (κ1) is 17.1. The van der Waals surface area contributed by atoms with Crippen molar-refractivity contribution in [1.82, 2.24) is 4.90 Å². The fourth-order valence-electron chi connectivity index (χ4n) is 4.93. The average molecular weight is 315 g/mol. The molecule has 3 fully saturated rings. The highest BCUT2D eigenvalue weighted by Gasteiger charge is 2.41. The van der Waals surface area contributed by atoms with Gasteiger partial charge in [0.05, 0.1) is 0 Å². The third-order valence-electron chi connectivity index (χ3n) is 6.23. The molecule has 3 aliphatic carbocycles. The predicted molar refractivity (Wildman–Crippen MR) is 88.4 cm³/mol. The van der Waals surface area contributed by atoms with E-state index in [0.717, 1.165) is 12.8 Å². The minimum Gasteiger partial charge on any atom is -0.343 e. The fraction of sp³-hybridized carbons (Fsp3) is 0.941. The second-order valence-electron chi connectivity index (χ2n) is 7.44. The minimum absolute atomic E-state index is 0. The first-order valence-electron chi connectivity index (χ1n) is 8.69. The van der Waals surface area contributed by atoms with Gasteiger partial charge in [-0.15, -0.1) is 12.4 Å². The van der Waals surface area contributed by atoms with Crippen LogP contribution in [0.5, 0.6) is 0 Å². The summed E-state index contributed by atoms with van der Waals surface area (Å²) in [6, 6.07) is 0.875. The van der Waals surface area contributed by atoms with E-state index >= 15 is 0 Å². The molecule has 1 amide bonds. The van der Waals surface area contributed by atoms with Gasteiger partial charge >= 0.3 is 0 Å². The van der Waals surface area contributed by atoms with Crippen molar-refractivity contribution < 1.29 is 4.79 Å². The van der Waals surface area contributed by atoms with E-state index in [0.29, 0.717) is 29.8 Å². The molecule has 0 aromatic carbocycles. The van der Waals surface area contributed by atoms with Crippen LogP contribution in [-0.4, -0.2) is 29.9 Å². The van der Waals surface area contributed by atoms with Gasteiger partial charge in [0.1, 0.15) is 0 Å². The lowest BCUT2D eigenvalue weighted by Gasteiger charge is -2.45. The minimum atomic E-state index is 0. The van der Waals surface area contributed by atoms with E-state index in [1.54, 1.807) is 0 Å². The Labute approximate surface area is 135 Å². The molecule has 0 spiro atoms. The topological polar surface area (TPSA) is 46.3 Å². The van der Waals surface area contributed by atoms with Crippen LogP contribution < -0.4 is 5.73 Å². The third kappa shape index (κ3) is 3.56. The molecular weight excluding hydrogens is 284 g/mol. The van der Waals surface area contributed by atoms with E-state index in [4.69, 9.17) is 5.73 Å². The molecule has 122 valence electrons. The van der Waals surface area contributed by atoms with Crippen molar-refractivity contribution in [3.63, 3.8) is 0 Å². The molecule has 0 saturated heterocycles. The molecule has 0 aromatic heterocycles. The molecule has 0 radical (unpaired) electrons. The van der Waals surface area contributed by atoms with Crippen LogP contribution in [0.15, 0.2) is 0 Å². The van der Waals surface area contributed by atoms with Crippen LogP contribution in [0.1, 0.15) is 64.2 Å². The molecule has 2 atom stereocenters. The van der Waals surface area contributed by atoms with Crippen LogP contribution >= 0.6 is 12.4 Å². The molecule has 3 aliphatic rings. The van der Waals surface area contributed by atoms with E-state index in [9.17, 15) is 4.79 Å². The molecule has 3 nitrogen and oxygen atoms in total. The Balaban J connectivity index is 0.00000161. The zero-order valence-electron chi connectivity index (χ0n) is 13.3. The van der Waals surface area contributed by atoms with Gasteiger partial charge in [0.15, 0.2) is 0 Å². The van der Waals surface area contributed by atoms with Gasteiger partial charge in [0.25, 0.3) is 0 Å². The highest BCUT2D eigenvalue weighted by atomic mass is 35.5. The van der Waals surface area contributed by atoms with Gasteiger partial charge in [-0.25, -0.2) is 0 Å². The van der Waals surface area contributed by atoms with Crippen molar-refractivity contribution in [3.8, 4) is 0 Å². The molecule has 0 aromatic rings. The van der Waals surface area contributed by atoms with Gasteiger partial charge in [-0.2, -0.15) is 0 Å². The molecule has 2 unspecified atom stereocenters. The standard InChI is InChI=1S/C17H30N2O.ClH/c1-19(15-8-3-2-4-9-15)17(20)14-10-12-6-5-7-13(11-14)16(12)18;/h12-16H,2-11,18H2,1H3;1H. The van der Waals surface area contributed by atoms with Gasteiger partial charge in [-0.3, -0.25) is 4.79 Å². The Morgan fingerprint density at radius 1 is 0.952 bits per heavy atom. The molecule has 2 bridgehead atoms. The molecule has 4 heteroatoms. The number of carbonyl (C=O) groups excluding carboxylic acids is 1. The van der Waals surface area contributed by atoms with Crippen molar-refractivity contribution in [2.45, 2.75) is 76.3 Å². The number of hydrogen-bond acceptors (Lipinski definition) is 2. The lowest BCUT2D eigenvalue weighted by molar-refractivity contribution is -0.140. The Kier molecular flexibility index (Phi) is 5.96. The van der Waals surface area contributed by atoms with E-state index in [2.05, 4.69) is 4.90 Å². The average Bonchev–Trinajstić information content (AvgIpc) is 2.46. The van der Waals surface area contributed by atoms with Crippen molar-refractivity contribution in [2.75, 3.05) is 7.05 Å². The van der Waals surface area contributed by atoms with E-state index in [-0.39, 0.29) is 18.3 Å². The number of carbonyl (C=O) groups is 1. The summed E-state index contributed by atoms with van der Waals surface area (Å²) in [6.07, 6.45) is 12.3. The predicted octanol–water partition coefficient (Wildman–Crippen LogP) is 3.35. The highest BCUT2D eigenvalue weighted by Crippen LogP contribution is 2.42. The van der Waals surface area contributed by atoms with E-state index in [1.807, 2.05) is 7.05 Å². The summed E-state index contributed by atoms with van der Waals surface area (Å²) in [5.74, 6) is 1.89. The molecule has 3 saturated carbocycles. The number of hydrogen-bond donors (Lipinski definition) is 1. The van der Waals surface area contributed by atoms with Gasteiger partial charge in [-0.05, 0) is 50.4 Å². The molecule has 3 rings (SSSR count). The number of fused-ring (bicyclic) bond motifs is 2. The summed E-state index contributed by atoms with van der Waals surface area (Å²) in [4.78, 5) is 14.9. The maximum absolute atomic E-state index is 12.8. The van der Waals surface area contributed by atoms with E-state index in [1.165, 1.54) is 51.4 Å². The number of rotatable bonds is 2. The van der Waals surface area contributed by atoms with Gasteiger partial charge in [0, 0.05) is 25.0 Å². The Morgan fingerprint density at radius 3 is 2.10 bits per heavy atom. The molecule has 0 heterocycles. The van der Waals surface area contributed by atoms with Crippen molar-refractivity contribution in [3.05, 3.63) is 0 Å². The lowest BCUT2D eigenvalue weighted by Crippen LogP contribution is -2.50. The summed E-state index contributed by atoms with van der Waals surface area (Å²) in [6.45, 7) is 0. The fourth-order valence-corrected chi connectivity index (χ4v) is 4.93. The second-order valence-corrected chi connectivity index (χ2v) is 7.44. The summed E-state index contributed by atoms with van der Waals surface area (Å²) in [5.41, 5.74) is 6.34. The quantitative estimate of drug-likeness (QED) is 0.849. The first-order valence-corrected chi connectivity index (χ1v) is 8.69. The van der Waals surface area contributed by atoms with Crippen LogP contribution in [0.25, 0.3) is 0 Å².